The fourth-order valence-corrected chi connectivity index (χ4v) is 4.74. The number of ether oxygens (including phenoxy) is 3. The normalized spacial score (nSPS) is 29.9. The summed E-state index contributed by atoms with van der Waals surface area (Å²) in [6.45, 7) is 7.84. The number of primary amides is 1. The third-order valence-corrected chi connectivity index (χ3v) is 6.89. The van der Waals surface area contributed by atoms with Gasteiger partial charge in [-0.2, -0.15) is 0 Å². The van der Waals surface area contributed by atoms with E-state index in [4.69, 9.17) is 19.9 Å². The predicted molar refractivity (Wildman–Crippen MR) is 152 cm³/mol. The summed E-state index contributed by atoms with van der Waals surface area (Å²) in [6.07, 6.45) is 3.56. The molecule has 1 aliphatic heterocycles. The SMILES string of the molecule is CO[C@H]1C[C@H](C)CC2=C(NC(C)=O)C(=O)C=C(NC(=O)/C(C)=C/C=C\[C@H](OC)[C@@H](OC(N)=O)/C(C)=C/[C@H](C)C1=O)C2=O. The highest BCUT2D eigenvalue weighted by molar-refractivity contribution is 6.24. The average molecular weight is 586 g/mol. The molecule has 0 fully saturated rings. The molecule has 3 amide bonds. The van der Waals surface area contributed by atoms with Crippen LogP contribution in [0.3, 0.4) is 0 Å². The van der Waals surface area contributed by atoms with Gasteiger partial charge in [-0.1, -0.05) is 38.2 Å². The molecular formula is C30H39N3O9. The van der Waals surface area contributed by atoms with Gasteiger partial charge >= 0.3 is 6.09 Å². The second-order valence-corrected chi connectivity index (χ2v) is 10.4. The van der Waals surface area contributed by atoms with Crippen LogP contribution < -0.4 is 16.4 Å². The molecule has 1 aliphatic carbocycles. The second-order valence-electron chi connectivity index (χ2n) is 10.4. The van der Waals surface area contributed by atoms with Gasteiger partial charge in [0.1, 0.15) is 12.2 Å². The van der Waals surface area contributed by atoms with Crippen LogP contribution >= 0.6 is 0 Å². The van der Waals surface area contributed by atoms with Gasteiger partial charge in [0.25, 0.3) is 5.91 Å². The lowest BCUT2D eigenvalue weighted by molar-refractivity contribution is -0.132. The second kappa shape index (κ2) is 15.2. The molecule has 0 unspecified atom stereocenters. The van der Waals surface area contributed by atoms with E-state index in [9.17, 15) is 28.8 Å². The van der Waals surface area contributed by atoms with Crippen molar-refractivity contribution in [2.45, 2.75) is 65.8 Å². The van der Waals surface area contributed by atoms with Crippen LogP contribution in [0.1, 0.15) is 47.5 Å². The number of rotatable bonds is 4. The third kappa shape index (κ3) is 8.92. The molecule has 0 saturated heterocycles. The first kappa shape index (κ1) is 34.0. The Morgan fingerprint density at radius 2 is 1.74 bits per heavy atom. The Hall–Kier alpha value is -4.16. The predicted octanol–water partition coefficient (Wildman–Crippen LogP) is 2.11. The summed E-state index contributed by atoms with van der Waals surface area (Å²) >= 11 is 0. The number of hydrogen-bond acceptors (Lipinski definition) is 9. The van der Waals surface area contributed by atoms with Crippen molar-refractivity contribution in [2.75, 3.05) is 14.2 Å². The van der Waals surface area contributed by atoms with Gasteiger partial charge in [0.2, 0.25) is 17.5 Å². The standard InChI is InChI=1S/C30H39N3O9/c1-15-11-20-25(32-19(5)34)22(35)14-21(27(20)37)33-29(38)16(2)9-8-10-23(40-6)28(42-30(31)39)18(4)13-17(3)26(36)24(12-15)41-7/h8-10,13-15,17,23-24,28H,11-12H2,1-7H3,(H2,31,39)(H,32,34)(H,33,38)/b10-8-,16-9+,18-13+/t15-,17+,23+,24+,28+/m1/s1. The van der Waals surface area contributed by atoms with Crippen LogP contribution in [0.15, 0.2) is 58.5 Å². The molecule has 0 spiro atoms. The van der Waals surface area contributed by atoms with Crippen molar-refractivity contribution < 1.29 is 43.0 Å². The Balaban J connectivity index is 2.64. The molecule has 1 heterocycles. The molecule has 2 rings (SSSR count). The van der Waals surface area contributed by atoms with E-state index in [-0.39, 0.29) is 47.1 Å². The number of carbonyl (C=O) groups excluding carboxylic acids is 6. The van der Waals surface area contributed by atoms with Gasteiger partial charge < -0.3 is 30.6 Å². The molecule has 0 aromatic rings. The minimum absolute atomic E-state index is 0.0143. The van der Waals surface area contributed by atoms with Gasteiger partial charge in [0.15, 0.2) is 11.9 Å². The first-order valence-corrected chi connectivity index (χ1v) is 13.4. The van der Waals surface area contributed by atoms with Crippen LogP contribution in [0.2, 0.25) is 0 Å². The summed E-state index contributed by atoms with van der Waals surface area (Å²) in [7, 11) is 2.79. The van der Waals surface area contributed by atoms with Crippen molar-refractivity contribution in [1.82, 2.24) is 10.6 Å². The van der Waals surface area contributed by atoms with Gasteiger partial charge in [0, 0.05) is 44.3 Å². The van der Waals surface area contributed by atoms with Crippen molar-refractivity contribution >= 4 is 35.3 Å². The fourth-order valence-electron chi connectivity index (χ4n) is 4.74. The van der Waals surface area contributed by atoms with Gasteiger partial charge in [-0.3, -0.25) is 24.0 Å². The van der Waals surface area contributed by atoms with E-state index in [1.54, 1.807) is 26.8 Å². The van der Waals surface area contributed by atoms with E-state index < -0.39 is 53.7 Å². The molecule has 42 heavy (non-hydrogen) atoms. The monoisotopic (exact) mass is 585 g/mol. The van der Waals surface area contributed by atoms with Gasteiger partial charge in [-0.25, -0.2) is 4.79 Å². The molecular weight excluding hydrogens is 546 g/mol. The first-order valence-electron chi connectivity index (χ1n) is 13.4. The largest absolute Gasteiger partial charge is 0.439 e. The first-order chi connectivity index (χ1) is 19.7. The molecule has 12 heteroatoms. The van der Waals surface area contributed by atoms with Crippen LogP contribution in [0.4, 0.5) is 4.79 Å². The Morgan fingerprint density at radius 1 is 1.07 bits per heavy atom. The highest BCUT2D eigenvalue weighted by atomic mass is 16.6. The molecule has 5 atom stereocenters. The Labute approximate surface area is 245 Å². The number of ketones is 3. The van der Waals surface area contributed by atoms with Crippen molar-refractivity contribution in [1.29, 1.82) is 0 Å². The minimum Gasteiger partial charge on any atom is -0.439 e. The molecule has 12 nitrogen and oxygen atoms in total. The number of carbonyl (C=O) groups is 6. The maximum Gasteiger partial charge on any atom is 0.405 e. The van der Waals surface area contributed by atoms with E-state index in [2.05, 4.69) is 10.6 Å². The highest BCUT2D eigenvalue weighted by Gasteiger charge is 2.33. The molecule has 4 N–H and O–H groups in total. The number of hydrogen-bond donors (Lipinski definition) is 3. The van der Waals surface area contributed by atoms with E-state index in [1.165, 1.54) is 46.3 Å². The van der Waals surface area contributed by atoms with Crippen molar-refractivity contribution in [3.8, 4) is 0 Å². The zero-order valence-corrected chi connectivity index (χ0v) is 24.9. The molecule has 228 valence electrons. The third-order valence-electron chi connectivity index (χ3n) is 6.89. The lowest BCUT2D eigenvalue weighted by Crippen LogP contribution is -2.37. The number of methoxy groups -OCH3 is 2. The van der Waals surface area contributed by atoms with Crippen LogP contribution in [0, 0.1) is 11.8 Å². The summed E-state index contributed by atoms with van der Waals surface area (Å²) in [5.74, 6) is -3.76. The lowest BCUT2D eigenvalue weighted by atomic mass is 9.85. The van der Waals surface area contributed by atoms with Gasteiger partial charge in [-0.15, -0.1) is 0 Å². The van der Waals surface area contributed by atoms with Crippen molar-refractivity contribution in [2.24, 2.45) is 17.6 Å². The summed E-state index contributed by atoms with van der Waals surface area (Å²) in [5.41, 5.74) is 5.60. The quantitative estimate of drug-likeness (QED) is 0.329. The molecule has 2 bridgehead atoms. The number of nitrogens with one attached hydrogen (secondary N) is 2. The molecule has 0 aromatic carbocycles. The zero-order chi connectivity index (χ0) is 31.7. The summed E-state index contributed by atoms with van der Waals surface area (Å²) in [4.78, 5) is 76.2. The van der Waals surface area contributed by atoms with E-state index in [0.29, 0.717) is 5.57 Å². The number of allylic oxidation sites excluding steroid dienone is 5. The smallest absolute Gasteiger partial charge is 0.405 e. The Bertz CT molecular complexity index is 1290. The molecule has 0 aromatic heterocycles. The van der Waals surface area contributed by atoms with Gasteiger partial charge in [-0.05, 0) is 38.2 Å². The number of fused-ring (bicyclic) bond motifs is 2. The van der Waals surface area contributed by atoms with Crippen molar-refractivity contribution in [3.05, 3.63) is 58.5 Å². The number of nitrogens with two attached hydrogens (primary N) is 1. The van der Waals surface area contributed by atoms with Crippen LogP contribution in [-0.2, 0) is 38.2 Å². The number of amides is 3. The maximum absolute atomic E-state index is 13.5. The topological polar surface area (TPSA) is 180 Å². The Kier molecular flexibility index (Phi) is 12.3. The Morgan fingerprint density at radius 3 is 2.31 bits per heavy atom. The van der Waals surface area contributed by atoms with E-state index in [0.717, 1.165) is 6.08 Å². The number of Topliss-reactive ketones (excluding diaryl/α,β-unsaturated/α-hetero) is 2. The molecule has 0 radical (unpaired) electrons. The van der Waals surface area contributed by atoms with E-state index >= 15 is 0 Å². The van der Waals surface area contributed by atoms with Crippen LogP contribution in [0.25, 0.3) is 0 Å². The minimum atomic E-state index is -1.04. The van der Waals surface area contributed by atoms with Crippen molar-refractivity contribution in [3.63, 3.8) is 0 Å². The summed E-state index contributed by atoms with van der Waals surface area (Å²) in [6, 6.07) is 0. The summed E-state index contributed by atoms with van der Waals surface area (Å²) in [5, 5.41) is 4.91. The molecule has 0 saturated carbocycles. The average Bonchev–Trinajstić information content (AvgIpc) is 2.91. The zero-order valence-electron chi connectivity index (χ0n) is 24.9. The van der Waals surface area contributed by atoms with Crippen LogP contribution in [-0.4, -0.2) is 67.8 Å². The molecule has 2 aliphatic rings. The van der Waals surface area contributed by atoms with E-state index in [1.807, 2.05) is 0 Å². The highest BCUT2D eigenvalue weighted by Crippen LogP contribution is 2.27. The summed E-state index contributed by atoms with van der Waals surface area (Å²) < 4.78 is 16.3. The van der Waals surface area contributed by atoms with Crippen LogP contribution in [0.5, 0.6) is 0 Å². The lowest BCUT2D eigenvalue weighted by Gasteiger charge is -2.26. The van der Waals surface area contributed by atoms with Gasteiger partial charge in [0.05, 0.1) is 11.4 Å². The maximum atomic E-state index is 13.5. The fraction of sp³-hybridized carbons (Fsp3) is 0.467.